The van der Waals surface area contributed by atoms with Gasteiger partial charge in [0, 0.05) is 19.6 Å². The number of benzene rings is 1. The lowest BCUT2D eigenvalue weighted by Crippen LogP contribution is -2.37. The lowest BCUT2D eigenvalue weighted by atomic mass is 10.2. The molecule has 0 spiro atoms. The average molecular weight is 289 g/mol. The maximum Gasteiger partial charge on any atom is 0.191 e. The van der Waals surface area contributed by atoms with Crippen molar-refractivity contribution in [3.8, 4) is 5.75 Å². The molecule has 2 N–H and O–H groups in total. The quantitative estimate of drug-likeness (QED) is 0.318. The van der Waals surface area contributed by atoms with E-state index in [2.05, 4.69) is 48.2 Å². The highest BCUT2D eigenvalue weighted by Crippen LogP contribution is 2.11. The van der Waals surface area contributed by atoms with Crippen LogP contribution in [0.5, 0.6) is 5.75 Å². The summed E-state index contributed by atoms with van der Waals surface area (Å²) in [6.07, 6.45) is 3.83. The zero-order valence-electron chi connectivity index (χ0n) is 13.2. The van der Waals surface area contributed by atoms with Crippen LogP contribution in [0.3, 0.4) is 0 Å². The molecule has 21 heavy (non-hydrogen) atoms. The van der Waals surface area contributed by atoms with E-state index >= 15 is 0 Å². The number of hydrogen-bond acceptors (Lipinski definition) is 2. The first-order valence-electron chi connectivity index (χ1n) is 7.58. The Bertz CT molecular complexity index is 426. The van der Waals surface area contributed by atoms with Crippen LogP contribution in [0.1, 0.15) is 25.3 Å². The van der Waals surface area contributed by atoms with Crippen molar-refractivity contribution >= 4 is 5.96 Å². The first kappa shape index (κ1) is 17.1. The van der Waals surface area contributed by atoms with Gasteiger partial charge in [-0.25, -0.2) is 0 Å². The van der Waals surface area contributed by atoms with Gasteiger partial charge >= 0.3 is 0 Å². The molecular weight excluding hydrogens is 262 g/mol. The largest absolute Gasteiger partial charge is 0.494 e. The van der Waals surface area contributed by atoms with Gasteiger partial charge in [-0.15, -0.1) is 6.58 Å². The van der Waals surface area contributed by atoms with Crippen molar-refractivity contribution in [3.05, 3.63) is 42.5 Å². The molecule has 1 rings (SSSR count). The van der Waals surface area contributed by atoms with Crippen molar-refractivity contribution in [2.75, 3.05) is 26.2 Å². The normalized spacial score (nSPS) is 11.0. The van der Waals surface area contributed by atoms with Crippen molar-refractivity contribution in [1.82, 2.24) is 10.6 Å². The van der Waals surface area contributed by atoms with Crippen LogP contribution in [0.2, 0.25) is 0 Å². The predicted molar refractivity (Wildman–Crippen MR) is 90.1 cm³/mol. The van der Waals surface area contributed by atoms with Gasteiger partial charge in [-0.3, -0.25) is 4.99 Å². The number of unbranched alkanes of at least 4 members (excludes halogenated alkanes) is 1. The molecule has 0 unspecified atom stereocenters. The topological polar surface area (TPSA) is 45.7 Å². The highest BCUT2D eigenvalue weighted by Gasteiger charge is 1.96. The zero-order chi connectivity index (χ0) is 15.3. The smallest absolute Gasteiger partial charge is 0.191 e. The van der Waals surface area contributed by atoms with Crippen molar-refractivity contribution in [2.24, 2.45) is 4.99 Å². The predicted octanol–water partition coefficient (Wildman–Crippen LogP) is 2.90. The fraction of sp³-hybridized carbons (Fsp3) is 0.471. The molecule has 0 atom stereocenters. The second-order valence-corrected chi connectivity index (χ2v) is 4.80. The molecule has 0 saturated carbocycles. The summed E-state index contributed by atoms with van der Waals surface area (Å²) in [6, 6.07) is 8.15. The maximum atomic E-state index is 5.69. The standard InChI is InChI=1S/C17H27N3O/c1-4-12-19-17(18-5-2)20-13-6-7-14-21-16-10-8-15(3)9-11-16/h4,8-11H,1,5-7,12-14H2,2-3H3,(H2,18,19,20). The minimum absolute atomic E-state index is 0.725. The molecule has 1 aromatic carbocycles. The monoisotopic (exact) mass is 289 g/mol. The van der Waals surface area contributed by atoms with E-state index in [9.17, 15) is 0 Å². The van der Waals surface area contributed by atoms with E-state index in [1.165, 1.54) is 5.56 Å². The number of hydrogen-bond donors (Lipinski definition) is 2. The molecule has 4 heteroatoms. The molecule has 0 radical (unpaired) electrons. The number of rotatable bonds is 9. The summed E-state index contributed by atoms with van der Waals surface area (Å²) < 4.78 is 5.69. The molecule has 0 aliphatic carbocycles. The third kappa shape index (κ3) is 8.02. The highest BCUT2D eigenvalue weighted by molar-refractivity contribution is 5.79. The summed E-state index contributed by atoms with van der Waals surface area (Å²) in [5.41, 5.74) is 1.25. The summed E-state index contributed by atoms with van der Waals surface area (Å²) >= 11 is 0. The Hall–Kier alpha value is -1.97. The zero-order valence-corrected chi connectivity index (χ0v) is 13.2. The maximum absolute atomic E-state index is 5.69. The van der Waals surface area contributed by atoms with E-state index in [0.717, 1.165) is 50.8 Å². The van der Waals surface area contributed by atoms with E-state index in [1.807, 2.05) is 18.2 Å². The Morgan fingerprint density at radius 1 is 1.24 bits per heavy atom. The van der Waals surface area contributed by atoms with Crippen molar-refractivity contribution in [2.45, 2.75) is 26.7 Å². The van der Waals surface area contributed by atoms with Crippen LogP contribution < -0.4 is 15.4 Å². The molecular formula is C17H27N3O. The minimum Gasteiger partial charge on any atom is -0.494 e. The first-order valence-corrected chi connectivity index (χ1v) is 7.58. The summed E-state index contributed by atoms with van der Waals surface area (Å²) in [7, 11) is 0. The lowest BCUT2D eigenvalue weighted by molar-refractivity contribution is 0.308. The van der Waals surface area contributed by atoms with Gasteiger partial charge in [0.1, 0.15) is 5.75 Å². The van der Waals surface area contributed by atoms with Crippen LogP contribution in [0, 0.1) is 6.92 Å². The molecule has 116 valence electrons. The summed E-state index contributed by atoms with van der Waals surface area (Å²) in [5, 5.41) is 6.38. The number of ether oxygens (including phenoxy) is 1. The van der Waals surface area contributed by atoms with E-state index in [-0.39, 0.29) is 0 Å². The Morgan fingerprint density at radius 3 is 2.67 bits per heavy atom. The molecule has 0 heterocycles. The molecule has 4 nitrogen and oxygen atoms in total. The van der Waals surface area contributed by atoms with Gasteiger partial charge in [-0.05, 0) is 38.8 Å². The van der Waals surface area contributed by atoms with E-state index in [0.29, 0.717) is 0 Å². The highest BCUT2D eigenvalue weighted by atomic mass is 16.5. The van der Waals surface area contributed by atoms with Gasteiger partial charge in [-0.1, -0.05) is 23.8 Å². The van der Waals surface area contributed by atoms with Crippen LogP contribution in [0.25, 0.3) is 0 Å². The second kappa shape index (κ2) is 10.8. The molecule has 0 fully saturated rings. The van der Waals surface area contributed by atoms with Crippen molar-refractivity contribution in [1.29, 1.82) is 0 Å². The summed E-state index contributed by atoms with van der Waals surface area (Å²) in [6.45, 7) is 10.9. The van der Waals surface area contributed by atoms with Crippen LogP contribution in [0.4, 0.5) is 0 Å². The number of aryl methyl sites for hydroxylation is 1. The Kier molecular flexibility index (Phi) is 8.76. The number of nitrogens with zero attached hydrogens (tertiary/aromatic N) is 1. The van der Waals surface area contributed by atoms with Crippen LogP contribution in [0.15, 0.2) is 41.9 Å². The van der Waals surface area contributed by atoms with E-state index in [4.69, 9.17) is 4.74 Å². The van der Waals surface area contributed by atoms with Crippen LogP contribution in [-0.2, 0) is 0 Å². The van der Waals surface area contributed by atoms with Gasteiger partial charge in [-0.2, -0.15) is 0 Å². The van der Waals surface area contributed by atoms with Gasteiger partial charge in [0.15, 0.2) is 5.96 Å². The van der Waals surface area contributed by atoms with Crippen molar-refractivity contribution in [3.63, 3.8) is 0 Å². The Morgan fingerprint density at radius 2 is 2.00 bits per heavy atom. The van der Waals surface area contributed by atoms with Gasteiger partial charge in [0.05, 0.1) is 6.61 Å². The molecule has 0 aliphatic rings. The van der Waals surface area contributed by atoms with Crippen molar-refractivity contribution < 1.29 is 4.74 Å². The first-order chi connectivity index (χ1) is 10.3. The SMILES string of the molecule is C=CCNC(=NCCCCOc1ccc(C)cc1)NCC. The second-order valence-electron chi connectivity index (χ2n) is 4.80. The molecule has 0 saturated heterocycles. The van der Waals surface area contributed by atoms with Gasteiger partial charge < -0.3 is 15.4 Å². The Labute approximate surface area is 128 Å². The summed E-state index contributed by atoms with van der Waals surface area (Å²) in [4.78, 5) is 4.50. The number of guanidine groups is 1. The van der Waals surface area contributed by atoms with Gasteiger partial charge in [0.2, 0.25) is 0 Å². The minimum atomic E-state index is 0.725. The Balaban J connectivity index is 2.17. The molecule has 0 aromatic heterocycles. The molecule has 1 aromatic rings. The van der Waals surface area contributed by atoms with E-state index < -0.39 is 0 Å². The van der Waals surface area contributed by atoms with E-state index in [1.54, 1.807) is 0 Å². The third-order valence-corrected chi connectivity index (χ3v) is 2.87. The fourth-order valence-corrected chi connectivity index (χ4v) is 1.74. The third-order valence-electron chi connectivity index (χ3n) is 2.87. The fourth-order valence-electron chi connectivity index (χ4n) is 1.74. The van der Waals surface area contributed by atoms with Crippen LogP contribution >= 0.6 is 0 Å². The summed E-state index contributed by atoms with van der Waals surface area (Å²) in [5.74, 6) is 1.78. The lowest BCUT2D eigenvalue weighted by Gasteiger charge is -2.09. The van der Waals surface area contributed by atoms with Gasteiger partial charge in [0.25, 0.3) is 0 Å². The average Bonchev–Trinajstić information content (AvgIpc) is 2.50. The molecule has 0 bridgehead atoms. The molecule has 0 amide bonds. The molecule has 0 aliphatic heterocycles. The number of aliphatic imine (C=N–C) groups is 1. The number of nitrogens with one attached hydrogen (secondary N) is 2. The van der Waals surface area contributed by atoms with Crippen LogP contribution in [-0.4, -0.2) is 32.2 Å².